The van der Waals surface area contributed by atoms with Crippen LogP contribution in [0.3, 0.4) is 0 Å². The molecule has 0 bridgehead atoms. The van der Waals surface area contributed by atoms with Crippen LogP contribution >= 0.6 is 0 Å². The Balaban J connectivity index is 2.07. The van der Waals surface area contributed by atoms with Crippen LogP contribution in [0.25, 0.3) is 0 Å². The van der Waals surface area contributed by atoms with Crippen LogP contribution in [0.4, 0.5) is 0 Å². The van der Waals surface area contributed by atoms with Crippen molar-refractivity contribution in [2.45, 2.75) is 72.1 Å². The summed E-state index contributed by atoms with van der Waals surface area (Å²) in [4.78, 5) is 39.8. The third-order valence-corrected chi connectivity index (χ3v) is 3.79. The summed E-state index contributed by atoms with van der Waals surface area (Å²) in [7, 11) is 0. The van der Waals surface area contributed by atoms with Gasteiger partial charge in [-0.05, 0) is 31.1 Å². The molecule has 0 unspecified atom stereocenters. The van der Waals surface area contributed by atoms with Gasteiger partial charge in [0.1, 0.15) is 0 Å². The number of hydroxylamine groups is 2. The van der Waals surface area contributed by atoms with Crippen molar-refractivity contribution in [3.05, 3.63) is 12.3 Å². The van der Waals surface area contributed by atoms with Crippen LogP contribution in [0.1, 0.15) is 72.1 Å². The lowest BCUT2D eigenvalue weighted by atomic mass is 9.90. The Hall–Kier alpha value is -1.85. The van der Waals surface area contributed by atoms with Gasteiger partial charge in [0.15, 0.2) is 0 Å². The highest BCUT2D eigenvalue weighted by Crippen LogP contribution is 2.22. The molecule has 0 aromatic heterocycles. The number of allylic oxidation sites excluding steroid dienone is 1. The summed E-state index contributed by atoms with van der Waals surface area (Å²) in [6.45, 7) is 11.0. The molecule has 0 atom stereocenters. The number of nitrogens with zero attached hydrogens (tertiary/aromatic N) is 1. The summed E-state index contributed by atoms with van der Waals surface area (Å²) in [5, 5.41) is 3.83. The van der Waals surface area contributed by atoms with Gasteiger partial charge >= 0.3 is 5.97 Å². The van der Waals surface area contributed by atoms with Gasteiger partial charge in [0.2, 0.25) is 5.91 Å². The van der Waals surface area contributed by atoms with Crippen molar-refractivity contribution in [1.82, 2.24) is 10.4 Å². The maximum absolute atomic E-state index is 11.7. The summed E-state index contributed by atoms with van der Waals surface area (Å²) in [6.07, 6.45) is 4.82. The Morgan fingerprint density at radius 3 is 2.46 bits per heavy atom. The molecule has 1 rings (SSSR count). The van der Waals surface area contributed by atoms with E-state index < -0.39 is 5.97 Å². The third kappa shape index (κ3) is 8.13. The molecule has 6 nitrogen and oxygen atoms in total. The third-order valence-electron chi connectivity index (χ3n) is 3.79. The van der Waals surface area contributed by atoms with Crippen molar-refractivity contribution >= 4 is 17.8 Å². The molecule has 1 aliphatic heterocycles. The minimum absolute atomic E-state index is 0.0554. The van der Waals surface area contributed by atoms with E-state index >= 15 is 0 Å². The van der Waals surface area contributed by atoms with Gasteiger partial charge in [-0.25, -0.2) is 4.79 Å². The number of carbonyl (C=O) groups is 3. The largest absolute Gasteiger partial charge is 0.356 e. The molecule has 6 heteroatoms. The average molecular weight is 338 g/mol. The van der Waals surface area contributed by atoms with E-state index in [1.54, 1.807) is 0 Å². The van der Waals surface area contributed by atoms with Gasteiger partial charge in [0.05, 0.1) is 5.70 Å². The molecule has 1 fully saturated rings. The minimum atomic E-state index is -0.510. The van der Waals surface area contributed by atoms with Crippen molar-refractivity contribution in [2.75, 3.05) is 6.54 Å². The standard InChI is InChI=1S/C18H30N2O4/c1-14-10-11-16(22)20(14)24-17(23)9-7-8-15(21)19-13-6-5-12-18(2,3)4/h1,5-13H2,2-4H3,(H,19,21). The second kappa shape index (κ2) is 9.45. The number of hydrogen-bond acceptors (Lipinski definition) is 4. The minimum Gasteiger partial charge on any atom is -0.356 e. The lowest BCUT2D eigenvalue weighted by Gasteiger charge is -2.17. The summed E-state index contributed by atoms with van der Waals surface area (Å²) >= 11 is 0. The first-order chi connectivity index (χ1) is 11.2. The predicted octanol–water partition coefficient (Wildman–Crippen LogP) is 3.08. The van der Waals surface area contributed by atoms with Crippen molar-refractivity contribution in [2.24, 2.45) is 5.41 Å². The molecule has 0 aliphatic carbocycles. The molecule has 1 aliphatic rings. The average Bonchev–Trinajstić information content (AvgIpc) is 2.77. The Labute approximate surface area is 144 Å². The van der Waals surface area contributed by atoms with Crippen LogP contribution < -0.4 is 5.32 Å². The van der Waals surface area contributed by atoms with E-state index in [4.69, 9.17) is 4.84 Å². The van der Waals surface area contributed by atoms with Crippen LogP contribution in [-0.4, -0.2) is 29.4 Å². The number of unbranched alkanes of at least 4 members (excludes halogenated alkanes) is 1. The number of carbonyl (C=O) groups excluding carboxylic acids is 3. The molecule has 24 heavy (non-hydrogen) atoms. The van der Waals surface area contributed by atoms with Crippen molar-refractivity contribution in [1.29, 1.82) is 0 Å². The smallest absolute Gasteiger partial charge is 0.333 e. The number of rotatable bonds is 9. The van der Waals surface area contributed by atoms with Crippen LogP contribution in [0.5, 0.6) is 0 Å². The SMILES string of the molecule is C=C1CCC(=O)N1OC(=O)CCCC(=O)NCCCCC(C)(C)C. The molecule has 0 aromatic rings. The zero-order chi connectivity index (χ0) is 18.2. The van der Waals surface area contributed by atoms with Gasteiger partial charge in [0.25, 0.3) is 5.91 Å². The lowest BCUT2D eigenvalue weighted by Crippen LogP contribution is -2.27. The maximum atomic E-state index is 11.7. The molecule has 1 heterocycles. The zero-order valence-corrected chi connectivity index (χ0v) is 15.2. The summed E-state index contributed by atoms with van der Waals surface area (Å²) in [5.74, 6) is -0.814. The van der Waals surface area contributed by atoms with E-state index in [9.17, 15) is 14.4 Å². The van der Waals surface area contributed by atoms with Crippen LogP contribution in [0.15, 0.2) is 12.3 Å². The Bertz CT molecular complexity index is 464. The molecule has 0 saturated carbocycles. The van der Waals surface area contributed by atoms with Crippen LogP contribution in [-0.2, 0) is 19.2 Å². The quantitative estimate of drug-likeness (QED) is 0.656. The number of hydrogen-bond donors (Lipinski definition) is 1. The summed E-state index contributed by atoms with van der Waals surface area (Å²) in [6, 6.07) is 0. The molecular weight excluding hydrogens is 308 g/mol. The van der Waals surface area contributed by atoms with E-state index in [1.807, 2.05) is 0 Å². The van der Waals surface area contributed by atoms with E-state index in [1.165, 1.54) is 0 Å². The molecule has 0 spiro atoms. The van der Waals surface area contributed by atoms with Crippen molar-refractivity contribution in [3.8, 4) is 0 Å². The lowest BCUT2D eigenvalue weighted by molar-refractivity contribution is -0.186. The first-order valence-corrected chi connectivity index (χ1v) is 8.67. The second-order valence-electron chi connectivity index (χ2n) is 7.44. The molecular formula is C18H30N2O4. The highest BCUT2D eigenvalue weighted by atomic mass is 16.7. The Morgan fingerprint density at radius 1 is 1.17 bits per heavy atom. The Kier molecular flexibility index (Phi) is 7.95. The molecule has 136 valence electrons. The van der Waals surface area contributed by atoms with Gasteiger partial charge in [-0.1, -0.05) is 33.8 Å². The van der Waals surface area contributed by atoms with E-state index in [2.05, 4.69) is 32.7 Å². The molecule has 2 amide bonds. The normalized spacial score (nSPS) is 14.9. The second-order valence-corrected chi connectivity index (χ2v) is 7.44. The molecule has 0 aromatic carbocycles. The van der Waals surface area contributed by atoms with Crippen LogP contribution in [0.2, 0.25) is 0 Å². The van der Waals surface area contributed by atoms with Crippen LogP contribution in [0, 0.1) is 5.41 Å². The maximum Gasteiger partial charge on any atom is 0.333 e. The summed E-state index contributed by atoms with van der Waals surface area (Å²) < 4.78 is 0. The first kappa shape index (κ1) is 20.2. The number of nitrogens with one attached hydrogen (secondary N) is 1. The van der Waals surface area contributed by atoms with Gasteiger partial charge < -0.3 is 10.2 Å². The Morgan fingerprint density at radius 2 is 1.88 bits per heavy atom. The fourth-order valence-electron chi connectivity index (χ4n) is 2.38. The first-order valence-electron chi connectivity index (χ1n) is 8.67. The van der Waals surface area contributed by atoms with Crippen molar-refractivity contribution < 1.29 is 19.2 Å². The van der Waals surface area contributed by atoms with Crippen molar-refractivity contribution in [3.63, 3.8) is 0 Å². The van der Waals surface area contributed by atoms with Gasteiger partial charge in [-0.3, -0.25) is 9.59 Å². The topological polar surface area (TPSA) is 75.7 Å². The monoisotopic (exact) mass is 338 g/mol. The van der Waals surface area contributed by atoms with Gasteiger partial charge in [-0.2, -0.15) is 0 Å². The van der Waals surface area contributed by atoms with Gasteiger partial charge in [-0.15, -0.1) is 5.06 Å². The predicted molar refractivity (Wildman–Crippen MR) is 91.5 cm³/mol. The zero-order valence-electron chi connectivity index (χ0n) is 15.2. The fraction of sp³-hybridized carbons (Fsp3) is 0.722. The highest BCUT2D eigenvalue weighted by molar-refractivity contribution is 5.82. The highest BCUT2D eigenvalue weighted by Gasteiger charge is 2.27. The summed E-state index contributed by atoms with van der Waals surface area (Å²) in [5.41, 5.74) is 0.827. The van der Waals surface area contributed by atoms with Gasteiger partial charge in [0, 0.05) is 25.8 Å². The molecule has 1 saturated heterocycles. The van der Waals surface area contributed by atoms with E-state index in [0.29, 0.717) is 36.9 Å². The van der Waals surface area contributed by atoms with E-state index in [-0.39, 0.29) is 24.7 Å². The molecule has 0 radical (unpaired) electrons. The number of amides is 2. The van der Waals surface area contributed by atoms with E-state index in [0.717, 1.165) is 24.3 Å². The fourth-order valence-corrected chi connectivity index (χ4v) is 2.38. The molecule has 1 N–H and O–H groups in total.